The molecule has 16 aromatic rings. The van der Waals surface area contributed by atoms with Crippen LogP contribution in [0.15, 0.2) is 352 Å². The van der Waals surface area contributed by atoms with Crippen molar-refractivity contribution in [2.24, 2.45) is 0 Å². The van der Waals surface area contributed by atoms with Crippen molar-refractivity contribution < 1.29 is 79.5 Å². The van der Waals surface area contributed by atoms with E-state index < -0.39 is 34.1 Å². The summed E-state index contributed by atoms with van der Waals surface area (Å²) in [5, 5.41) is 0. The van der Waals surface area contributed by atoms with Gasteiger partial charge < -0.3 is 9.97 Å². The Labute approximate surface area is 669 Å². The maximum Gasteiger partial charge on any atom is 2.00 e. The number of benzene rings is 10. The first-order valence-electron chi connectivity index (χ1n) is 34.2. The van der Waals surface area contributed by atoms with Gasteiger partial charge in [-0.25, -0.2) is 0 Å². The second-order valence-corrected chi connectivity index (χ2v) is 25.2. The number of hydrogen-bond acceptors (Lipinski definition) is 6. The normalized spacial score (nSPS) is 11.0. The summed E-state index contributed by atoms with van der Waals surface area (Å²) in [6.45, 7) is 4.32. The first-order valence-corrected chi connectivity index (χ1v) is 34.2. The van der Waals surface area contributed by atoms with Gasteiger partial charge in [-0.15, -0.1) is 168 Å². The third-order valence-corrected chi connectivity index (χ3v) is 18.3. The van der Waals surface area contributed by atoms with Crippen LogP contribution >= 0.6 is 0 Å². The Morgan fingerprint density at radius 3 is 0.731 bits per heavy atom. The molecule has 16 rings (SSSR count). The van der Waals surface area contributed by atoms with Crippen LogP contribution in [0.5, 0.6) is 0 Å². The molecule has 0 bridgehead atoms. The molecule has 0 unspecified atom stereocenters. The van der Waals surface area contributed by atoms with Crippen LogP contribution in [0.2, 0.25) is 0 Å². The molecule has 0 aliphatic heterocycles. The predicted molar refractivity (Wildman–Crippen MR) is 407 cm³/mol. The van der Waals surface area contributed by atoms with Crippen LogP contribution in [0.4, 0.5) is 17.6 Å². The van der Waals surface area contributed by atoms with E-state index >= 15 is 0 Å². The van der Waals surface area contributed by atoms with Gasteiger partial charge in [-0.1, -0.05) is 217 Å². The van der Waals surface area contributed by atoms with Crippen molar-refractivity contribution in [2.75, 3.05) is 0 Å². The third-order valence-electron chi connectivity index (χ3n) is 18.3. The minimum atomic E-state index is -1.15. The average molecular weight is 1770 g/mol. The molecule has 0 N–H and O–H groups in total. The first-order chi connectivity index (χ1) is 51.5. The smallest absolute Gasteiger partial charge is 0.300 e. The predicted octanol–water partition coefficient (Wildman–Crippen LogP) is 21.9. The van der Waals surface area contributed by atoms with Gasteiger partial charge in [0.25, 0.3) is 0 Å². The molecule has 0 aliphatic carbocycles. The van der Waals surface area contributed by atoms with Crippen LogP contribution < -0.4 is 0 Å². The summed E-state index contributed by atoms with van der Waals surface area (Å²) in [5.74, 6) is -3.06. The second kappa shape index (κ2) is 36.0. The Balaban J connectivity index is 0.000000162. The molecular formula is C95H64F4N6Pd2Pt. The molecule has 6 heterocycles. The molecule has 0 saturated heterocycles. The third kappa shape index (κ3) is 16.8. The fraction of sp³-hybridized carbons (Fsp3) is 0.0526. The van der Waals surface area contributed by atoms with Crippen molar-refractivity contribution in [3.05, 3.63) is 468 Å². The maximum atomic E-state index is 14.9. The topological polar surface area (TPSA) is 77.3 Å². The molecule has 0 radical (unpaired) electrons. The molecule has 0 saturated carbocycles. The van der Waals surface area contributed by atoms with Gasteiger partial charge >= 0.3 is 61.9 Å². The molecule has 0 atom stereocenters. The monoisotopic (exact) mass is 1770 g/mol. The van der Waals surface area contributed by atoms with E-state index in [1.54, 1.807) is 24.3 Å². The van der Waals surface area contributed by atoms with Crippen LogP contribution in [-0.4, -0.2) is 29.9 Å². The molecule has 13 heteroatoms. The van der Waals surface area contributed by atoms with Crippen molar-refractivity contribution >= 4 is 0 Å². The van der Waals surface area contributed by atoms with Gasteiger partial charge in [0.05, 0.1) is 22.8 Å². The van der Waals surface area contributed by atoms with Crippen molar-refractivity contribution in [2.45, 2.75) is 30.1 Å². The number of rotatable bonds is 16. The van der Waals surface area contributed by atoms with E-state index in [0.717, 1.165) is 114 Å². The fourth-order valence-corrected chi connectivity index (χ4v) is 13.2. The Kier molecular flexibility index (Phi) is 25.9. The van der Waals surface area contributed by atoms with Crippen LogP contribution in [0, 0.1) is 59.7 Å². The van der Waals surface area contributed by atoms with Gasteiger partial charge in [-0.05, 0) is 107 Å². The van der Waals surface area contributed by atoms with Crippen LogP contribution in [0.1, 0.15) is 70.3 Å². The Hall–Kier alpha value is -11.2. The second-order valence-electron chi connectivity index (χ2n) is 25.2. The molecule has 6 aromatic heterocycles. The molecule has 0 spiro atoms. The Bertz CT molecular complexity index is 5240. The largest absolute Gasteiger partial charge is 2.00 e. The minimum absolute atomic E-state index is 0. The van der Waals surface area contributed by atoms with Gasteiger partial charge in [0.15, 0.2) is 0 Å². The van der Waals surface area contributed by atoms with E-state index in [2.05, 4.69) is 147 Å². The van der Waals surface area contributed by atoms with Crippen LogP contribution in [0.3, 0.4) is 0 Å². The van der Waals surface area contributed by atoms with E-state index in [0.29, 0.717) is 11.4 Å². The first kappa shape index (κ1) is 77.9. The quantitative estimate of drug-likeness (QED) is 0.0545. The van der Waals surface area contributed by atoms with Gasteiger partial charge in [0, 0.05) is 40.1 Å². The summed E-state index contributed by atoms with van der Waals surface area (Å²) in [6.07, 6.45) is 0. The maximum absolute atomic E-state index is 14.9. The van der Waals surface area contributed by atoms with Crippen molar-refractivity contribution in [3.8, 4) is 67.5 Å². The van der Waals surface area contributed by atoms with Crippen LogP contribution in [0.25, 0.3) is 67.5 Å². The minimum Gasteiger partial charge on any atom is -0.300 e. The van der Waals surface area contributed by atoms with E-state index in [-0.39, 0.29) is 89.8 Å². The zero-order valence-electron chi connectivity index (χ0n) is 58.1. The molecular weight excluding hydrogens is 1710 g/mol. The summed E-state index contributed by atoms with van der Waals surface area (Å²) in [6, 6.07) is 129. The number of aromatic nitrogens is 6. The van der Waals surface area contributed by atoms with Crippen LogP contribution in [-0.2, 0) is 78.2 Å². The number of nitrogens with zero attached hydrogens (tertiary/aromatic N) is 6. The Morgan fingerprint density at radius 2 is 0.481 bits per heavy atom. The number of hydrogen-bond donors (Lipinski definition) is 0. The molecule has 6 nitrogen and oxygen atoms in total. The molecule has 0 aliphatic rings. The van der Waals surface area contributed by atoms with Gasteiger partial charge in [0.2, 0.25) is 0 Å². The fourth-order valence-electron chi connectivity index (χ4n) is 13.2. The van der Waals surface area contributed by atoms with Crippen molar-refractivity contribution in [1.29, 1.82) is 0 Å². The summed E-state index contributed by atoms with van der Waals surface area (Å²) >= 11 is 0. The molecule has 0 fully saturated rings. The van der Waals surface area contributed by atoms with E-state index in [4.69, 9.17) is 29.9 Å². The van der Waals surface area contributed by atoms with E-state index in [9.17, 15) is 17.6 Å². The standard InChI is InChI=1S/C35H20F4N2.C35H24N2.C25H20N2.2Pd.Pt/c36-25-17-19-27(29(38)21-25)31-13-7-15-33(40-31)35(23-9-3-1-4-10-23,24-11-5-2-6-12-24)34-16-8-14-32(41-34)28-20-18-26(37)22-30(28)39;1-5-15-27(16-6-1)31-23-13-25-33(36-31)35(29-19-9-3-10-20-29,30-21-11-4-12-22-30)34-26-14-24-32(37-34)28-17-7-2-8-18-28;1-25(2,23-17-9-15-21(26-23)19-11-5-3-6-12-19)24-18-10-16-22(27-24)20-13-7-4-8-14-20;;;/h1-18,21-22H;1-15,17,19-26H;3-11,13,15-18H,1-2H3;;;/q3*-2;3*+2. The van der Waals surface area contributed by atoms with Crippen molar-refractivity contribution in [1.82, 2.24) is 29.9 Å². The number of pyridine rings is 6. The number of halogens is 4. The SMILES string of the molecule is CC(C)(c1cccc(-c2[c-]cccc2)n1)c1cccc(-c2[c-]cccc2)n1.Fc1c[c-]c(-c2cccc(C(c3ccccc3)(c3ccccc3)c3cccc(-c4[c-]cc(F)cc4F)n3)n2)c(F)c1.[Pd+2].[Pd+2].[Pt+2].[c-]1ccccc1-c1cccc(C(c2ccccc2)(c2ccccc2)c2cccc(-c3[c-]cccc3)n2)n1. The molecule has 10 aromatic carbocycles. The summed E-state index contributed by atoms with van der Waals surface area (Å²) in [4.78, 5) is 30.2. The molecule has 532 valence electrons. The molecule has 0 amide bonds. The summed E-state index contributed by atoms with van der Waals surface area (Å²) in [7, 11) is 0. The van der Waals surface area contributed by atoms with Gasteiger partial charge in [0.1, 0.15) is 10.8 Å². The summed E-state index contributed by atoms with van der Waals surface area (Å²) in [5.41, 5.74) is 14.4. The zero-order chi connectivity index (χ0) is 72.0. The van der Waals surface area contributed by atoms with Crippen molar-refractivity contribution in [3.63, 3.8) is 0 Å². The Morgan fingerprint density at radius 1 is 0.250 bits per heavy atom. The zero-order valence-corrected chi connectivity index (χ0v) is 63.5. The molecule has 108 heavy (non-hydrogen) atoms. The average Bonchev–Trinajstić information content (AvgIpc) is 0.735. The van der Waals surface area contributed by atoms with Gasteiger partial charge in [-0.2, -0.15) is 0 Å². The van der Waals surface area contributed by atoms with E-state index in [1.807, 2.05) is 206 Å². The summed E-state index contributed by atoms with van der Waals surface area (Å²) < 4.78 is 57.0. The van der Waals surface area contributed by atoms with E-state index in [1.165, 1.54) is 0 Å². The van der Waals surface area contributed by atoms with Gasteiger partial charge in [-0.3, -0.25) is 37.5 Å².